The lowest BCUT2D eigenvalue weighted by molar-refractivity contribution is 0.101. The van der Waals surface area contributed by atoms with E-state index in [1.165, 1.54) is 18.2 Å². The zero-order valence-corrected chi connectivity index (χ0v) is 21.7. The second kappa shape index (κ2) is 10.3. The molecule has 0 amide bonds. The maximum Gasteiger partial charge on any atom is 0.225 e. The number of hydrogen-bond acceptors (Lipinski definition) is 6. The van der Waals surface area contributed by atoms with Crippen LogP contribution in [0.25, 0.3) is 11.1 Å². The standard InChI is InChI=1S/C26H27ClFN9O/c1-26(38,21-4-3-20(28)10-22(21)27)19-13-31-25(32-14-19)37-7-5-36(6-8-37)24(33-16-29)23-9-17(11-30-23)18-12-34-35(2)15-18/h3-4,9-16,29-30,38H,5-8H2,1-2H3/t26-/m0/s1. The van der Waals surface area contributed by atoms with Gasteiger partial charge in [-0.15, -0.1) is 0 Å². The van der Waals surface area contributed by atoms with E-state index >= 15 is 0 Å². The quantitative estimate of drug-likeness (QED) is 0.257. The van der Waals surface area contributed by atoms with Gasteiger partial charge in [-0.25, -0.2) is 19.4 Å². The van der Waals surface area contributed by atoms with Gasteiger partial charge in [-0.1, -0.05) is 17.7 Å². The van der Waals surface area contributed by atoms with E-state index in [1.54, 1.807) is 30.2 Å². The van der Waals surface area contributed by atoms with Crippen LogP contribution in [0.1, 0.15) is 23.7 Å². The highest BCUT2D eigenvalue weighted by molar-refractivity contribution is 6.31. The average Bonchev–Trinajstić information content (AvgIpc) is 3.56. The van der Waals surface area contributed by atoms with Crippen molar-refractivity contribution < 1.29 is 9.50 Å². The molecule has 1 saturated heterocycles. The van der Waals surface area contributed by atoms with Crippen LogP contribution in [0.15, 0.2) is 60.2 Å². The van der Waals surface area contributed by atoms with Gasteiger partial charge < -0.3 is 19.9 Å². The molecule has 4 heterocycles. The third-order valence-corrected chi connectivity index (χ3v) is 6.98. The number of aromatic amines is 1. The minimum absolute atomic E-state index is 0.132. The van der Waals surface area contributed by atoms with E-state index in [2.05, 4.69) is 34.8 Å². The Hall–Kier alpha value is -4.09. The first-order valence-electron chi connectivity index (χ1n) is 12.0. The van der Waals surface area contributed by atoms with Crippen LogP contribution in [0.2, 0.25) is 5.02 Å². The van der Waals surface area contributed by atoms with Crippen molar-refractivity contribution in [1.29, 1.82) is 5.41 Å². The summed E-state index contributed by atoms with van der Waals surface area (Å²) < 4.78 is 15.2. The molecule has 0 spiro atoms. The van der Waals surface area contributed by atoms with Crippen LogP contribution in [0.3, 0.4) is 0 Å². The SMILES string of the molecule is Cn1cc(-c2c[nH]c(C(=NC=N)N3CCN(c4ncc([C@](C)(O)c5ccc(F)cc5Cl)cn4)CC3)c2)cn1. The van der Waals surface area contributed by atoms with Crippen LogP contribution in [0.4, 0.5) is 10.3 Å². The second-order valence-corrected chi connectivity index (χ2v) is 9.64. The summed E-state index contributed by atoms with van der Waals surface area (Å²) in [5.41, 5.74) is 2.16. The van der Waals surface area contributed by atoms with Gasteiger partial charge in [0.2, 0.25) is 5.95 Å². The number of hydrogen-bond donors (Lipinski definition) is 3. The Kier molecular flexibility index (Phi) is 6.96. The molecule has 0 saturated carbocycles. The van der Waals surface area contributed by atoms with Gasteiger partial charge in [0.05, 0.1) is 11.9 Å². The molecule has 4 aromatic rings. The maximum absolute atomic E-state index is 13.5. The van der Waals surface area contributed by atoms with Crippen LogP contribution in [0.5, 0.6) is 0 Å². The summed E-state index contributed by atoms with van der Waals surface area (Å²) in [4.78, 5) is 20.7. The van der Waals surface area contributed by atoms with Crippen molar-refractivity contribution in [2.24, 2.45) is 12.0 Å². The molecule has 1 atom stereocenters. The molecule has 12 heteroatoms. The Morgan fingerprint density at radius 1 is 1.16 bits per heavy atom. The summed E-state index contributed by atoms with van der Waals surface area (Å²) in [6, 6.07) is 5.89. The van der Waals surface area contributed by atoms with Gasteiger partial charge in [-0.2, -0.15) is 5.10 Å². The Morgan fingerprint density at radius 3 is 2.53 bits per heavy atom. The lowest BCUT2D eigenvalue weighted by Crippen LogP contribution is -2.49. The van der Waals surface area contributed by atoms with E-state index in [0.29, 0.717) is 49.1 Å². The molecule has 38 heavy (non-hydrogen) atoms. The van der Waals surface area contributed by atoms with Gasteiger partial charge >= 0.3 is 0 Å². The molecule has 1 aromatic carbocycles. The van der Waals surface area contributed by atoms with Crippen molar-refractivity contribution in [2.45, 2.75) is 12.5 Å². The Morgan fingerprint density at radius 2 is 1.89 bits per heavy atom. The number of rotatable bonds is 6. The van der Waals surface area contributed by atoms with Crippen LogP contribution in [-0.4, -0.2) is 73.1 Å². The molecule has 1 aliphatic rings. The van der Waals surface area contributed by atoms with E-state index in [9.17, 15) is 9.50 Å². The van der Waals surface area contributed by atoms with Crippen molar-refractivity contribution >= 4 is 29.7 Å². The smallest absolute Gasteiger partial charge is 0.225 e. The molecule has 0 unspecified atom stereocenters. The van der Waals surface area contributed by atoms with Gasteiger partial charge in [0.15, 0.2) is 5.84 Å². The number of aromatic nitrogens is 5. The van der Waals surface area contributed by atoms with Gasteiger partial charge in [0.25, 0.3) is 0 Å². The molecule has 0 aliphatic carbocycles. The topological polar surface area (TPSA) is 122 Å². The number of nitrogens with zero attached hydrogens (tertiary/aromatic N) is 7. The molecular weight excluding hydrogens is 509 g/mol. The molecule has 1 aliphatic heterocycles. The molecule has 0 bridgehead atoms. The number of piperazine rings is 1. The van der Waals surface area contributed by atoms with E-state index in [0.717, 1.165) is 23.2 Å². The summed E-state index contributed by atoms with van der Waals surface area (Å²) in [7, 11) is 1.87. The Bertz CT molecular complexity index is 1470. The maximum atomic E-state index is 13.5. The number of anilines is 1. The first-order valence-corrected chi connectivity index (χ1v) is 12.4. The lowest BCUT2D eigenvalue weighted by atomic mass is 9.90. The normalized spacial score (nSPS) is 16.0. The molecule has 3 aromatic heterocycles. The van der Waals surface area contributed by atoms with Gasteiger partial charge in [-0.05, 0) is 25.1 Å². The third-order valence-electron chi connectivity index (χ3n) is 6.67. The summed E-state index contributed by atoms with van der Waals surface area (Å²) in [6.07, 6.45) is 9.83. The minimum atomic E-state index is -1.48. The van der Waals surface area contributed by atoms with Crippen LogP contribution in [-0.2, 0) is 12.6 Å². The van der Waals surface area contributed by atoms with Gasteiger partial charge in [-0.3, -0.25) is 10.1 Å². The number of aliphatic imine (C=N–C) groups is 1. The molecule has 1 fully saturated rings. The highest BCUT2D eigenvalue weighted by Crippen LogP contribution is 2.34. The Balaban J connectivity index is 1.27. The number of amidine groups is 1. The number of aliphatic hydroxyl groups is 1. The fourth-order valence-electron chi connectivity index (χ4n) is 4.54. The molecule has 196 valence electrons. The van der Waals surface area contributed by atoms with Crippen molar-refractivity contribution in [2.75, 3.05) is 31.1 Å². The predicted octanol–water partition coefficient (Wildman–Crippen LogP) is 3.43. The van der Waals surface area contributed by atoms with Crippen molar-refractivity contribution in [3.05, 3.63) is 82.9 Å². The predicted molar refractivity (Wildman–Crippen MR) is 144 cm³/mol. The zero-order chi connectivity index (χ0) is 26.9. The molecule has 3 N–H and O–H groups in total. The van der Waals surface area contributed by atoms with E-state index < -0.39 is 11.4 Å². The average molecular weight is 536 g/mol. The van der Waals surface area contributed by atoms with Crippen molar-refractivity contribution in [3.8, 4) is 11.1 Å². The highest BCUT2D eigenvalue weighted by atomic mass is 35.5. The highest BCUT2D eigenvalue weighted by Gasteiger charge is 2.30. The number of halogens is 2. The fourth-order valence-corrected chi connectivity index (χ4v) is 4.89. The second-order valence-electron chi connectivity index (χ2n) is 9.23. The third kappa shape index (κ3) is 5.02. The van der Waals surface area contributed by atoms with Gasteiger partial charge in [0.1, 0.15) is 17.8 Å². The van der Waals surface area contributed by atoms with E-state index in [-0.39, 0.29) is 5.02 Å². The Labute approximate surface area is 224 Å². The first-order chi connectivity index (χ1) is 18.3. The fraction of sp³-hybridized carbons (Fsp3) is 0.269. The number of nitrogens with one attached hydrogen (secondary N) is 2. The number of H-pyrrole nitrogens is 1. The molecule has 5 rings (SSSR count). The molecule has 10 nitrogen and oxygen atoms in total. The van der Waals surface area contributed by atoms with Gasteiger partial charge in [0, 0.05) is 85.3 Å². The van der Waals surface area contributed by atoms with Crippen LogP contribution < -0.4 is 4.90 Å². The summed E-state index contributed by atoms with van der Waals surface area (Å²) in [6.45, 7) is 4.18. The first kappa shape index (κ1) is 25.6. The van der Waals surface area contributed by atoms with Crippen LogP contribution >= 0.6 is 11.6 Å². The zero-order valence-electron chi connectivity index (χ0n) is 20.9. The minimum Gasteiger partial charge on any atom is -0.381 e. The molecule has 0 radical (unpaired) electrons. The monoisotopic (exact) mass is 535 g/mol. The number of benzene rings is 1. The largest absolute Gasteiger partial charge is 0.381 e. The number of aryl methyl sites for hydroxylation is 1. The summed E-state index contributed by atoms with van der Waals surface area (Å²) in [5.74, 6) is 0.760. The molecular formula is C26H27ClFN9O. The van der Waals surface area contributed by atoms with E-state index in [1.807, 2.05) is 25.5 Å². The van der Waals surface area contributed by atoms with E-state index in [4.69, 9.17) is 17.0 Å². The van der Waals surface area contributed by atoms with Crippen molar-refractivity contribution in [1.82, 2.24) is 29.6 Å². The van der Waals surface area contributed by atoms with Crippen LogP contribution in [0, 0.1) is 11.2 Å². The van der Waals surface area contributed by atoms with Crippen molar-refractivity contribution in [3.63, 3.8) is 0 Å². The summed E-state index contributed by atoms with van der Waals surface area (Å²) in [5, 5.41) is 23.0. The summed E-state index contributed by atoms with van der Waals surface area (Å²) >= 11 is 6.17. The lowest BCUT2D eigenvalue weighted by Gasteiger charge is -2.36.